The molecule has 0 aromatic rings. The summed E-state index contributed by atoms with van der Waals surface area (Å²) in [7, 11) is 0. The van der Waals surface area contributed by atoms with Crippen LogP contribution in [0.4, 0.5) is 0 Å². The van der Waals surface area contributed by atoms with Crippen molar-refractivity contribution in [2.45, 2.75) is 39.2 Å². The van der Waals surface area contributed by atoms with Crippen LogP contribution in [0.1, 0.15) is 33.1 Å². The summed E-state index contributed by atoms with van der Waals surface area (Å²) in [5, 5.41) is 10.5. The Hall–Kier alpha value is -0.620. The van der Waals surface area contributed by atoms with Crippen molar-refractivity contribution in [3.63, 3.8) is 0 Å². The van der Waals surface area contributed by atoms with Crippen LogP contribution in [0, 0.1) is 17.8 Å². The van der Waals surface area contributed by atoms with Gasteiger partial charge in [-0.25, -0.2) is 0 Å². The molecule has 0 spiro atoms. The monoisotopic (exact) mass is 350 g/mol. The molecule has 0 saturated heterocycles. The first-order valence-corrected chi connectivity index (χ1v) is 8.22. The fourth-order valence-corrected chi connectivity index (χ4v) is 3.53. The summed E-state index contributed by atoms with van der Waals surface area (Å²) >= 11 is 3.43. The van der Waals surface area contributed by atoms with E-state index in [1.165, 1.54) is 0 Å². The minimum Gasteiger partial charge on any atom is -0.465 e. The van der Waals surface area contributed by atoms with Gasteiger partial charge in [-0.3, -0.25) is 9.59 Å². The topological polar surface area (TPSA) is 72.8 Å². The third-order valence-electron chi connectivity index (χ3n) is 3.70. The number of esters is 2. The number of hydrogen-bond acceptors (Lipinski definition) is 5. The van der Waals surface area contributed by atoms with E-state index in [4.69, 9.17) is 9.47 Å². The van der Waals surface area contributed by atoms with Crippen LogP contribution in [0.25, 0.3) is 0 Å². The summed E-state index contributed by atoms with van der Waals surface area (Å²) in [4.78, 5) is 23.9. The van der Waals surface area contributed by atoms with E-state index in [0.29, 0.717) is 19.3 Å². The number of carbonyl (C=O) groups excluding carboxylic acids is 2. The van der Waals surface area contributed by atoms with Gasteiger partial charge in [0.15, 0.2) is 5.92 Å². The highest BCUT2D eigenvalue weighted by Gasteiger charge is 2.39. The average Bonchev–Trinajstić information content (AvgIpc) is 2.76. The maximum absolute atomic E-state index is 11.9. The first kappa shape index (κ1) is 17.4. The molecule has 0 heterocycles. The summed E-state index contributed by atoms with van der Waals surface area (Å²) < 4.78 is 9.93. The van der Waals surface area contributed by atoms with Crippen molar-refractivity contribution >= 4 is 27.9 Å². The van der Waals surface area contributed by atoms with Crippen LogP contribution in [0.5, 0.6) is 0 Å². The molecule has 5 nitrogen and oxygen atoms in total. The van der Waals surface area contributed by atoms with Crippen molar-refractivity contribution in [1.29, 1.82) is 0 Å². The van der Waals surface area contributed by atoms with Crippen molar-refractivity contribution in [3.05, 3.63) is 0 Å². The van der Waals surface area contributed by atoms with Gasteiger partial charge in [0.25, 0.3) is 0 Å². The number of aliphatic hydroxyl groups excluding tert-OH is 1. The molecular formula is C14H23BrO5. The van der Waals surface area contributed by atoms with Gasteiger partial charge in [-0.2, -0.15) is 0 Å². The minimum atomic E-state index is -0.883. The molecule has 1 aliphatic rings. The molecule has 1 saturated carbocycles. The Balaban J connectivity index is 2.73. The highest BCUT2D eigenvalue weighted by atomic mass is 79.9. The smallest absolute Gasteiger partial charge is 0.320 e. The fourth-order valence-electron chi connectivity index (χ4n) is 2.73. The Morgan fingerprint density at radius 3 is 2.10 bits per heavy atom. The first-order valence-electron chi connectivity index (χ1n) is 7.10. The molecule has 0 aromatic heterocycles. The molecule has 3 unspecified atom stereocenters. The first-order chi connectivity index (χ1) is 9.53. The molecule has 6 heteroatoms. The van der Waals surface area contributed by atoms with E-state index < -0.39 is 17.9 Å². The quantitative estimate of drug-likeness (QED) is 0.431. The van der Waals surface area contributed by atoms with E-state index >= 15 is 0 Å². The SMILES string of the molecule is CCOC(=O)C(CC1CC(O)CC1CBr)C(=O)OCC. The highest BCUT2D eigenvalue weighted by molar-refractivity contribution is 9.09. The molecule has 1 fully saturated rings. The lowest BCUT2D eigenvalue weighted by Crippen LogP contribution is -2.31. The van der Waals surface area contributed by atoms with Gasteiger partial charge in [0.2, 0.25) is 0 Å². The van der Waals surface area contributed by atoms with Gasteiger partial charge in [0.05, 0.1) is 19.3 Å². The molecule has 0 aromatic carbocycles. The molecule has 116 valence electrons. The fraction of sp³-hybridized carbons (Fsp3) is 0.857. The molecule has 0 bridgehead atoms. The van der Waals surface area contributed by atoms with Crippen molar-refractivity contribution < 1.29 is 24.2 Å². The zero-order chi connectivity index (χ0) is 15.1. The van der Waals surface area contributed by atoms with Crippen LogP contribution < -0.4 is 0 Å². The maximum Gasteiger partial charge on any atom is 0.320 e. The van der Waals surface area contributed by atoms with E-state index in [2.05, 4.69) is 15.9 Å². The third kappa shape index (κ3) is 4.74. The Morgan fingerprint density at radius 2 is 1.65 bits per heavy atom. The molecule has 0 amide bonds. The second kappa shape index (κ2) is 8.62. The van der Waals surface area contributed by atoms with Crippen molar-refractivity contribution in [1.82, 2.24) is 0 Å². The minimum absolute atomic E-state index is 0.128. The zero-order valence-electron chi connectivity index (χ0n) is 12.0. The molecular weight excluding hydrogens is 328 g/mol. The summed E-state index contributed by atoms with van der Waals surface area (Å²) in [5.41, 5.74) is 0. The van der Waals surface area contributed by atoms with E-state index in [9.17, 15) is 14.7 Å². The second-order valence-corrected chi connectivity index (χ2v) is 5.74. The van der Waals surface area contributed by atoms with Crippen LogP contribution in [0.2, 0.25) is 0 Å². The van der Waals surface area contributed by atoms with Gasteiger partial charge in [0, 0.05) is 5.33 Å². The standard InChI is InChI=1S/C14H23BrO5/c1-3-19-13(17)12(14(18)20-4-2)7-9-5-11(16)6-10(9)8-15/h9-12,16H,3-8H2,1-2H3. The Morgan fingerprint density at radius 1 is 1.15 bits per heavy atom. The van der Waals surface area contributed by atoms with E-state index in [1.54, 1.807) is 13.8 Å². The van der Waals surface area contributed by atoms with Crippen LogP contribution >= 0.6 is 15.9 Å². The lowest BCUT2D eigenvalue weighted by Gasteiger charge is -2.21. The van der Waals surface area contributed by atoms with Gasteiger partial charge in [0.1, 0.15) is 0 Å². The average molecular weight is 351 g/mol. The largest absolute Gasteiger partial charge is 0.465 e. The predicted octanol–water partition coefficient (Wildman–Crippen LogP) is 1.90. The number of ether oxygens (including phenoxy) is 2. The number of aliphatic hydroxyl groups is 1. The Bertz CT molecular complexity index is 316. The molecule has 1 rings (SSSR count). The van der Waals surface area contributed by atoms with Gasteiger partial charge in [-0.15, -0.1) is 0 Å². The molecule has 0 radical (unpaired) electrons. The number of rotatable bonds is 7. The maximum atomic E-state index is 11.9. The molecule has 1 aliphatic carbocycles. The van der Waals surface area contributed by atoms with E-state index in [0.717, 1.165) is 5.33 Å². The van der Waals surface area contributed by atoms with Gasteiger partial charge >= 0.3 is 11.9 Å². The van der Waals surface area contributed by atoms with Crippen LogP contribution in [0.3, 0.4) is 0 Å². The summed E-state index contributed by atoms with van der Waals surface area (Å²) in [6, 6.07) is 0. The third-order valence-corrected chi connectivity index (χ3v) is 4.53. The van der Waals surface area contributed by atoms with Gasteiger partial charge < -0.3 is 14.6 Å². The predicted molar refractivity (Wildman–Crippen MR) is 77.4 cm³/mol. The summed E-state index contributed by atoms with van der Waals surface area (Å²) in [5.74, 6) is -1.53. The number of carbonyl (C=O) groups is 2. The zero-order valence-corrected chi connectivity index (χ0v) is 13.6. The molecule has 0 aliphatic heterocycles. The van der Waals surface area contributed by atoms with Crippen molar-refractivity contribution in [3.8, 4) is 0 Å². The molecule has 1 N–H and O–H groups in total. The van der Waals surface area contributed by atoms with Gasteiger partial charge in [-0.05, 0) is 44.9 Å². The van der Waals surface area contributed by atoms with Crippen LogP contribution in [0.15, 0.2) is 0 Å². The molecule has 20 heavy (non-hydrogen) atoms. The Kier molecular flexibility index (Phi) is 7.51. The highest BCUT2D eigenvalue weighted by Crippen LogP contribution is 2.37. The summed E-state index contributed by atoms with van der Waals surface area (Å²) in [6.07, 6.45) is 1.35. The number of halogens is 1. The van der Waals surface area contributed by atoms with Crippen molar-refractivity contribution in [2.75, 3.05) is 18.5 Å². The number of hydrogen-bond donors (Lipinski definition) is 1. The van der Waals surface area contributed by atoms with Crippen LogP contribution in [-0.4, -0.2) is 41.7 Å². The van der Waals surface area contributed by atoms with E-state index in [1.807, 2.05) is 0 Å². The van der Waals surface area contributed by atoms with E-state index in [-0.39, 0.29) is 31.2 Å². The lowest BCUT2D eigenvalue weighted by molar-refractivity contribution is -0.162. The summed E-state index contributed by atoms with van der Waals surface area (Å²) in [6.45, 7) is 3.90. The number of alkyl halides is 1. The normalized spacial score (nSPS) is 25.8. The second-order valence-electron chi connectivity index (χ2n) is 5.09. The van der Waals surface area contributed by atoms with Crippen LogP contribution in [-0.2, 0) is 19.1 Å². The van der Waals surface area contributed by atoms with Gasteiger partial charge in [-0.1, -0.05) is 15.9 Å². The lowest BCUT2D eigenvalue weighted by atomic mass is 9.87. The van der Waals surface area contributed by atoms with Crippen molar-refractivity contribution in [2.24, 2.45) is 17.8 Å². The molecule has 3 atom stereocenters. The Labute approximate surface area is 128 Å².